The van der Waals surface area contributed by atoms with Crippen LogP contribution in [0.5, 0.6) is 0 Å². The number of hydrogen-bond donors (Lipinski definition) is 1. The van der Waals surface area contributed by atoms with Gasteiger partial charge in [-0.25, -0.2) is 4.98 Å². The van der Waals surface area contributed by atoms with Crippen molar-refractivity contribution in [3.8, 4) is 0 Å². The second-order valence-electron chi connectivity index (χ2n) is 4.25. The number of carbonyl (C=O) groups is 1. The molecule has 0 spiro atoms. The number of aromatic nitrogens is 1. The van der Waals surface area contributed by atoms with Gasteiger partial charge in [0.1, 0.15) is 5.54 Å². The van der Waals surface area contributed by atoms with Crippen molar-refractivity contribution in [1.82, 2.24) is 10.3 Å². The number of thioether (sulfide) groups is 1. The van der Waals surface area contributed by atoms with Crippen LogP contribution >= 0.6 is 11.8 Å². The molecule has 20 heavy (non-hydrogen) atoms. The van der Waals surface area contributed by atoms with Gasteiger partial charge in [-0.3, -0.25) is 4.79 Å². The summed E-state index contributed by atoms with van der Waals surface area (Å²) < 4.78 is 41.8. The maximum Gasteiger partial charge on any atom is 0.417 e. The zero-order chi connectivity index (χ0) is 15.4. The molecule has 1 atom stereocenters. The van der Waals surface area contributed by atoms with Crippen LogP contribution in [0, 0.1) is 0 Å². The van der Waals surface area contributed by atoms with Crippen molar-refractivity contribution >= 4 is 17.7 Å². The van der Waals surface area contributed by atoms with E-state index in [2.05, 4.69) is 15.0 Å². The number of pyridine rings is 1. The number of carbonyl (C=O) groups excluding carboxylic acids is 1. The Balaban J connectivity index is 2.73. The Morgan fingerprint density at radius 1 is 1.45 bits per heavy atom. The van der Waals surface area contributed by atoms with Crippen LogP contribution in [0.15, 0.2) is 23.4 Å². The average molecular weight is 308 g/mol. The minimum Gasteiger partial charge on any atom is -0.468 e. The number of rotatable bonds is 5. The minimum absolute atomic E-state index is 0.286. The highest BCUT2D eigenvalue weighted by molar-refractivity contribution is 7.99. The molecule has 1 unspecified atom stereocenters. The highest BCUT2D eigenvalue weighted by Gasteiger charge is 2.33. The van der Waals surface area contributed by atoms with Crippen molar-refractivity contribution in [2.24, 2.45) is 0 Å². The number of esters is 1. The molecule has 0 bridgehead atoms. The van der Waals surface area contributed by atoms with E-state index in [-0.39, 0.29) is 5.75 Å². The molecule has 112 valence electrons. The van der Waals surface area contributed by atoms with Crippen molar-refractivity contribution in [1.29, 1.82) is 0 Å². The SMILES string of the molecule is CNC(C)(CSc1ccc(C(F)(F)F)cn1)C(=O)OC. The van der Waals surface area contributed by atoms with Crippen LogP contribution in [0.2, 0.25) is 0 Å². The van der Waals surface area contributed by atoms with Gasteiger partial charge in [-0.15, -0.1) is 11.8 Å². The maximum atomic E-state index is 12.4. The zero-order valence-corrected chi connectivity index (χ0v) is 12.1. The molecule has 0 saturated heterocycles. The van der Waals surface area contributed by atoms with Crippen molar-refractivity contribution < 1.29 is 22.7 Å². The number of likely N-dealkylation sites (N-methyl/N-ethyl adjacent to an activating group) is 1. The maximum absolute atomic E-state index is 12.4. The van der Waals surface area contributed by atoms with Crippen molar-refractivity contribution in [3.63, 3.8) is 0 Å². The smallest absolute Gasteiger partial charge is 0.417 e. The van der Waals surface area contributed by atoms with Gasteiger partial charge < -0.3 is 10.1 Å². The molecule has 1 rings (SSSR count). The lowest BCUT2D eigenvalue weighted by molar-refractivity contribution is -0.146. The van der Waals surface area contributed by atoms with Crippen LogP contribution in [0.4, 0.5) is 13.2 Å². The minimum atomic E-state index is -4.40. The second kappa shape index (κ2) is 6.45. The van der Waals surface area contributed by atoms with Crippen LogP contribution in [-0.4, -0.2) is 36.4 Å². The molecule has 1 aromatic heterocycles. The van der Waals surface area contributed by atoms with Gasteiger partial charge in [0.25, 0.3) is 0 Å². The molecular weight excluding hydrogens is 293 g/mol. The van der Waals surface area contributed by atoms with E-state index in [1.165, 1.54) is 24.9 Å². The van der Waals surface area contributed by atoms with E-state index in [1.807, 2.05) is 0 Å². The highest BCUT2D eigenvalue weighted by atomic mass is 32.2. The quantitative estimate of drug-likeness (QED) is 0.668. The normalized spacial score (nSPS) is 14.7. The van der Waals surface area contributed by atoms with E-state index in [4.69, 9.17) is 0 Å². The molecule has 0 aromatic carbocycles. The summed E-state index contributed by atoms with van der Waals surface area (Å²) in [5, 5.41) is 3.24. The molecule has 0 fully saturated rings. The summed E-state index contributed by atoms with van der Waals surface area (Å²) in [6, 6.07) is 2.24. The summed E-state index contributed by atoms with van der Waals surface area (Å²) in [5.41, 5.74) is -1.73. The molecule has 1 N–H and O–H groups in total. The molecule has 0 amide bonds. The Bertz CT molecular complexity index is 465. The number of halogens is 3. The van der Waals surface area contributed by atoms with Crippen LogP contribution in [0.3, 0.4) is 0 Å². The number of methoxy groups -OCH3 is 1. The molecule has 0 aliphatic rings. The summed E-state index contributed by atoms with van der Waals surface area (Å²) >= 11 is 1.17. The van der Waals surface area contributed by atoms with Crippen molar-refractivity contribution in [2.75, 3.05) is 19.9 Å². The van der Waals surface area contributed by atoms with Crippen molar-refractivity contribution in [3.05, 3.63) is 23.9 Å². The molecule has 0 aliphatic heterocycles. The van der Waals surface area contributed by atoms with Gasteiger partial charge in [-0.2, -0.15) is 13.2 Å². The second-order valence-corrected chi connectivity index (χ2v) is 5.24. The van der Waals surface area contributed by atoms with Crippen LogP contribution in [0.25, 0.3) is 0 Å². The van der Waals surface area contributed by atoms with E-state index >= 15 is 0 Å². The highest BCUT2D eigenvalue weighted by Crippen LogP contribution is 2.30. The van der Waals surface area contributed by atoms with E-state index in [1.54, 1.807) is 14.0 Å². The fourth-order valence-corrected chi connectivity index (χ4v) is 2.30. The molecular formula is C12H15F3N2O2S. The van der Waals surface area contributed by atoms with E-state index < -0.39 is 23.2 Å². The first kappa shape index (κ1) is 16.8. The lowest BCUT2D eigenvalue weighted by Crippen LogP contribution is -2.50. The molecule has 0 aliphatic carbocycles. The fraction of sp³-hybridized carbons (Fsp3) is 0.500. The molecule has 4 nitrogen and oxygen atoms in total. The van der Waals surface area contributed by atoms with Gasteiger partial charge in [0.05, 0.1) is 17.7 Å². The lowest BCUT2D eigenvalue weighted by Gasteiger charge is -2.25. The fourth-order valence-electron chi connectivity index (χ4n) is 1.31. The lowest BCUT2D eigenvalue weighted by atomic mass is 10.1. The standard InChI is InChI=1S/C12H15F3N2O2S/c1-11(16-2,10(18)19-3)7-20-9-5-4-8(6-17-9)12(13,14)15/h4-6,16H,7H2,1-3H3. The van der Waals surface area contributed by atoms with Crippen molar-refractivity contribution in [2.45, 2.75) is 23.7 Å². The van der Waals surface area contributed by atoms with Gasteiger partial charge in [0.15, 0.2) is 0 Å². The Hall–Kier alpha value is -1.28. The van der Waals surface area contributed by atoms with E-state index in [0.29, 0.717) is 5.03 Å². The van der Waals surface area contributed by atoms with Gasteiger partial charge in [-0.1, -0.05) is 0 Å². The Morgan fingerprint density at radius 3 is 2.50 bits per heavy atom. The molecule has 8 heteroatoms. The molecule has 0 radical (unpaired) electrons. The number of alkyl halides is 3. The van der Waals surface area contributed by atoms with Crippen LogP contribution < -0.4 is 5.32 Å². The largest absolute Gasteiger partial charge is 0.468 e. The first-order chi connectivity index (χ1) is 9.23. The topological polar surface area (TPSA) is 51.2 Å². The molecule has 1 aromatic rings. The third-order valence-electron chi connectivity index (χ3n) is 2.76. The Morgan fingerprint density at radius 2 is 2.10 bits per heavy atom. The first-order valence-corrected chi connectivity index (χ1v) is 6.65. The van der Waals surface area contributed by atoms with Crippen LogP contribution in [-0.2, 0) is 15.7 Å². The summed E-state index contributed by atoms with van der Waals surface area (Å²) in [6.07, 6.45) is -3.63. The first-order valence-electron chi connectivity index (χ1n) is 5.66. The predicted octanol–water partition coefficient (Wildman–Crippen LogP) is 2.34. The van der Waals surface area contributed by atoms with Crippen LogP contribution in [0.1, 0.15) is 12.5 Å². The van der Waals surface area contributed by atoms with Gasteiger partial charge in [0, 0.05) is 11.9 Å². The van der Waals surface area contributed by atoms with E-state index in [9.17, 15) is 18.0 Å². The monoisotopic (exact) mass is 308 g/mol. The average Bonchev–Trinajstić information content (AvgIpc) is 2.43. The number of ether oxygens (including phenoxy) is 1. The summed E-state index contributed by atoms with van der Waals surface area (Å²) in [4.78, 5) is 15.3. The Labute approximate surface area is 119 Å². The summed E-state index contributed by atoms with van der Waals surface area (Å²) in [7, 11) is 2.89. The predicted molar refractivity (Wildman–Crippen MR) is 69.4 cm³/mol. The van der Waals surface area contributed by atoms with E-state index in [0.717, 1.165) is 12.3 Å². The third kappa shape index (κ3) is 4.11. The Kier molecular flexibility index (Phi) is 5.41. The molecule has 0 saturated carbocycles. The molecule has 1 heterocycles. The van der Waals surface area contributed by atoms with Gasteiger partial charge in [-0.05, 0) is 26.1 Å². The van der Waals surface area contributed by atoms with Gasteiger partial charge >= 0.3 is 12.1 Å². The van der Waals surface area contributed by atoms with Gasteiger partial charge in [0.2, 0.25) is 0 Å². The number of hydrogen-bond acceptors (Lipinski definition) is 5. The summed E-state index contributed by atoms with van der Waals surface area (Å²) in [5.74, 6) is -0.159. The number of nitrogens with one attached hydrogen (secondary N) is 1. The zero-order valence-electron chi connectivity index (χ0n) is 11.2. The summed E-state index contributed by atoms with van der Waals surface area (Å²) in [6.45, 7) is 1.65. The number of nitrogens with zero attached hydrogens (tertiary/aromatic N) is 1. The third-order valence-corrected chi connectivity index (χ3v) is 4.02.